The molecule has 0 aromatic heterocycles. The molecule has 1 aliphatic rings. The number of thioether (sulfide) groups is 1. The summed E-state index contributed by atoms with van der Waals surface area (Å²) in [5.41, 5.74) is 1.43. The van der Waals surface area contributed by atoms with E-state index >= 15 is 0 Å². The Morgan fingerprint density at radius 1 is 1.12 bits per heavy atom. The molecule has 0 radical (unpaired) electrons. The van der Waals surface area contributed by atoms with Crippen molar-refractivity contribution in [2.24, 2.45) is 4.99 Å². The summed E-state index contributed by atoms with van der Waals surface area (Å²) in [4.78, 5) is 18.6. The van der Waals surface area contributed by atoms with E-state index < -0.39 is 11.6 Å². The Balaban J connectivity index is 1.77. The van der Waals surface area contributed by atoms with Gasteiger partial charge in [0, 0.05) is 24.7 Å². The zero-order valence-corrected chi connectivity index (χ0v) is 14.8. The molecule has 1 heterocycles. The van der Waals surface area contributed by atoms with E-state index in [9.17, 15) is 13.6 Å². The van der Waals surface area contributed by atoms with Crippen molar-refractivity contribution >= 4 is 22.7 Å². The van der Waals surface area contributed by atoms with E-state index in [1.807, 2.05) is 24.3 Å². The van der Waals surface area contributed by atoms with Crippen molar-refractivity contribution in [3.63, 3.8) is 0 Å². The number of carbonyl (C=O) groups is 1. The predicted octanol–water partition coefficient (Wildman–Crippen LogP) is 5.06. The van der Waals surface area contributed by atoms with Crippen LogP contribution in [0.1, 0.15) is 30.0 Å². The van der Waals surface area contributed by atoms with Gasteiger partial charge in [-0.05, 0) is 54.4 Å². The van der Waals surface area contributed by atoms with Crippen molar-refractivity contribution in [3.05, 3.63) is 65.2 Å². The highest BCUT2D eigenvalue weighted by Gasteiger charge is 2.24. The van der Waals surface area contributed by atoms with Crippen LogP contribution in [-0.4, -0.2) is 29.9 Å². The average Bonchev–Trinajstić information content (AvgIpc) is 3.05. The first-order valence-corrected chi connectivity index (χ1v) is 8.77. The van der Waals surface area contributed by atoms with Crippen LogP contribution < -0.4 is 0 Å². The number of hydrogen-bond acceptors (Lipinski definition) is 3. The fraction of sp³-hybridized carbons (Fsp3) is 0.263. The van der Waals surface area contributed by atoms with Gasteiger partial charge in [-0.25, -0.2) is 8.78 Å². The number of halogens is 2. The van der Waals surface area contributed by atoms with Crippen LogP contribution in [0.25, 0.3) is 0 Å². The van der Waals surface area contributed by atoms with Crippen LogP contribution in [0.15, 0.2) is 52.4 Å². The Kier molecular flexibility index (Phi) is 5.18. The van der Waals surface area contributed by atoms with Crippen molar-refractivity contribution in [2.75, 3.05) is 14.1 Å². The fourth-order valence-corrected chi connectivity index (χ4v) is 3.40. The first-order valence-electron chi connectivity index (χ1n) is 7.96. The molecule has 0 N–H and O–H groups in total. The van der Waals surface area contributed by atoms with Crippen LogP contribution in [0, 0.1) is 11.6 Å². The Morgan fingerprint density at radius 2 is 1.76 bits per heavy atom. The first-order chi connectivity index (χ1) is 12.0. The quantitative estimate of drug-likeness (QED) is 0.717. The first kappa shape index (κ1) is 17.6. The monoisotopic (exact) mass is 360 g/mol. The van der Waals surface area contributed by atoms with Gasteiger partial charge in [0.2, 0.25) is 0 Å². The van der Waals surface area contributed by atoms with Gasteiger partial charge in [0.1, 0.15) is 11.6 Å². The second kappa shape index (κ2) is 7.35. The third kappa shape index (κ3) is 3.90. The molecule has 0 bridgehead atoms. The van der Waals surface area contributed by atoms with Crippen molar-refractivity contribution in [1.82, 2.24) is 4.90 Å². The topological polar surface area (TPSA) is 32.7 Å². The minimum atomic E-state index is -0.576. The SMILES string of the molecule is CN(C)C(=O)Sc1ccc(C2CCC(c3c(F)cccc3F)=N2)cc1. The standard InChI is InChI=1S/C19H18F2N2OS/c1-23(2)19(24)25-13-8-6-12(7-9-13)16-10-11-17(22-16)18-14(20)4-3-5-15(18)21/h3-9,16H,10-11H2,1-2H3. The largest absolute Gasteiger partial charge is 0.339 e. The Labute approximate surface area is 149 Å². The lowest BCUT2D eigenvalue weighted by Crippen LogP contribution is -2.15. The molecule has 0 fully saturated rings. The smallest absolute Gasteiger partial charge is 0.285 e. The second-order valence-electron chi connectivity index (χ2n) is 6.06. The fourth-order valence-electron chi connectivity index (χ4n) is 2.75. The molecule has 130 valence electrons. The van der Waals surface area contributed by atoms with Gasteiger partial charge in [0.25, 0.3) is 5.24 Å². The summed E-state index contributed by atoms with van der Waals surface area (Å²) in [6.45, 7) is 0. The molecule has 0 aliphatic carbocycles. The summed E-state index contributed by atoms with van der Waals surface area (Å²) < 4.78 is 27.8. The van der Waals surface area contributed by atoms with Crippen LogP contribution in [0.5, 0.6) is 0 Å². The van der Waals surface area contributed by atoms with E-state index in [2.05, 4.69) is 4.99 Å². The van der Waals surface area contributed by atoms with Gasteiger partial charge in [-0.15, -0.1) is 0 Å². The van der Waals surface area contributed by atoms with E-state index in [0.717, 1.165) is 22.2 Å². The van der Waals surface area contributed by atoms with Gasteiger partial charge in [-0.3, -0.25) is 9.79 Å². The van der Waals surface area contributed by atoms with Crippen LogP contribution in [-0.2, 0) is 0 Å². The highest BCUT2D eigenvalue weighted by atomic mass is 32.2. The van der Waals surface area contributed by atoms with Crippen molar-refractivity contribution in [3.8, 4) is 0 Å². The Bertz CT molecular complexity index is 798. The summed E-state index contributed by atoms with van der Waals surface area (Å²) in [5, 5.41) is -0.0380. The lowest BCUT2D eigenvalue weighted by Gasteiger charge is -2.10. The van der Waals surface area contributed by atoms with Gasteiger partial charge in [0.15, 0.2) is 0 Å². The summed E-state index contributed by atoms with van der Waals surface area (Å²) in [6, 6.07) is 11.3. The van der Waals surface area contributed by atoms with Crippen LogP contribution in [0.3, 0.4) is 0 Å². The van der Waals surface area contributed by atoms with E-state index in [1.165, 1.54) is 23.1 Å². The number of rotatable bonds is 3. The molecule has 6 heteroatoms. The highest BCUT2D eigenvalue weighted by molar-refractivity contribution is 8.13. The van der Waals surface area contributed by atoms with E-state index in [-0.39, 0.29) is 16.8 Å². The number of amides is 1. The van der Waals surface area contributed by atoms with Gasteiger partial charge >= 0.3 is 0 Å². The molecule has 2 aromatic carbocycles. The number of hydrogen-bond donors (Lipinski definition) is 0. The number of benzene rings is 2. The van der Waals surface area contributed by atoms with Gasteiger partial charge in [-0.1, -0.05) is 18.2 Å². The average molecular weight is 360 g/mol. The zero-order chi connectivity index (χ0) is 18.0. The summed E-state index contributed by atoms with van der Waals surface area (Å²) in [5.74, 6) is -1.15. The normalized spacial score (nSPS) is 16.6. The van der Waals surface area contributed by atoms with Crippen LogP contribution in [0.4, 0.5) is 13.6 Å². The maximum Gasteiger partial charge on any atom is 0.285 e. The Hall–Kier alpha value is -2.21. The maximum atomic E-state index is 13.9. The molecular weight excluding hydrogens is 342 g/mol. The van der Waals surface area contributed by atoms with Gasteiger partial charge < -0.3 is 4.90 Å². The van der Waals surface area contributed by atoms with Crippen LogP contribution in [0.2, 0.25) is 0 Å². The lowest BCUT2D eigenvalue weighted by molar-refractivity contribution is 0.241. The lowest BCUT2D eigenvalue weighted by atomic mass is 10.0. The second-order valence-corrected chi connectivity index (χ2v) is 7.08. The molecule has 1 amide bonds. The molecular formula is C19H18F2N2OS. The van der Waals surface area contributed by atoms with E-state index in [0.29, 0.717) is 18.6 Å². The molecule has 2 aromatic rings. The molecule has 0 saturated heterocycles. The molecule has 3 rings (SSSR count). The minimum absolute atomic E-state index is 0.0197. The number of nitrogens with zero attached hydrogens (tertiary/aromatic N) is 2. The minimum Gasteiger partial charge on any atom is -0.339 e. The summed E-state index contributed by atoms with van der Waals surface area (Å²) in [7, 11) is 3.42. The molecule has 1 unspecified atom stereocenters. The maximum absolute atomic E-state index is 13.9. The third-order valence-corrected chi connectivity index (χ3v) is 5.10. The van der Waals surface area contributed by atoms with Crippen molar-refractivity contribution < 1.29 is 13.6 Å². The molecule has 1 aliphatic heterocycles. The van der Waals surface area contributed by atoms with Crippen molar-refractivity contribution in [2.45, 2.75) is 23.8 Å². The summed E-state index contributed by atoms with van der Waals surface area (Å²) >= 11 is 1.16. The Morgan fingerprint density at radius 3 is 2.36 bits per heavy atom. The summed E-state index contributed by atoms with van der Waals surface area (Å²) in [6.07, 6.45) is 1.25. The van der Waals surface area contributed by atoms with Gasteiger partial charge in [-0.2, -0.15) is 0 Å². The highest BCUT2D eigenvalue weighted by Crippen LogP contribution is 2.33. The van der Waals surface area contributed by atoms with E-state index in [1.54, 1.807) is 14.1 Å². The van der Waals surface area contributed by atoms with E-state index in [4.69, 9.17) is 0 Å². The third-order valence-electron chi connectivity index (χ3n) is 4.05. The van der Waals surface area contributed by atoms with Crippen LogP contribution >= 0.6 is 11.8 Å². The number of aliphatic imine (C=N–C) groups is 1. The van der Waals surface area contributed by atoms with Crippen molar-refractivity contribution in [1.29, 1.82) is 0 Å². The number of carbonyl (C=O) groups excluding carboxylic acids is 1. The molecule has 0 spiro atoms. The zero-order valence-electron chi connectivity index (χ0n) is 14.0. The molecule has 0 saturated carbocycles. The molecule has 25 heavy (non-hydrogen) atoms. The molecule has 3 nitrogen and oxygen atoms in total. The predicted molar refractivity (Wildman–Crippen MR) is 96.3 cm³/mol. The van der Waals surface area contributed by atoms with Gasteiger partial charge in [0.05, 0.1) is 11.6 Å². The molecule has 1 atom stereocenters.